The molecule has 1 unspecified atom stereocenters. The molecule has 0 radical (unpaired) electrons. The largest absolute Gasteiger partial charge is 0.479 e. The van der Waals surface area contributed by atoms with Crippen LogP contribution in [0.2, 0.25) is 0 Å². The number of nitrogens with one attached hydrogen (secondary N) is 1. The first kappa shape index (κ1) is 11.3. The Morgan fingerprint density at radius 3 is 2.87 bits per heavy atom. The van der Waals surface area contributed by atoms with Crippen molar-refractivity contribution in [2.45, 2.75) is 12.5 Å². The molecule has 0 aliphatic carbocycles. The summed E-state index contributed by atoms with van der Waals surface area (Å²) < 4.78 is 0. The standard InChI is InChI=1S/C10H9NO3S/c1-2-4-8(12)11-9(10(13)14)7-5-3-6-15-7/h1,3,5-6,9H,4H2,(H,11,12)(H,13,14). The first-order valence-electron chi connectivity index (χ1n) is 4.14. The number of carboxylic acid groups (broad SMARTS) is 1. The molecule has 1 atom stereocenters. The van der Waals surface area contributed by atoms with Crippen molar-refractivity contribution >= 4 is 23.2 Å². The van der Waals surface area contributed by atoms with Crippen molar-refractivity contribution in [1.29, 1.82) is 0 Å². The third-order valence-electron chi connectivity index (χ3n) is 1.64. The Kier molecular flexibility index (Phi) is 3.89. The van der Waals surface area contributed by atoms with Crippen molar-refractivity contribution < 1.29 is 14.7 Å². The third kappa shape index (κ3) is 3.11. The molecule has 0 saturated heterocycles. The molecule has 78 valence electrons. The minimum absolute atomic E-state index is 0.116. The zero-order valence-electron chi connectivity index (χ0n) is 7.77. The Balaban J connectivity index is 2.73. The fourth-order valence-electron chi connectivity index (χ4n) is 1.01. The van der Waals surface area contributed by atoms with Crippen LogP contribution < -0.4 is 5.32 Å². The van der Waals surface area contributed by atoms with E-state index in [0.29, 0.717) is 4.88 Å². The Morgan fingerprint density at radius 1 is 1.67 bits per heavy atom. The van der Waals surface area contributed by atoms with Crippen molar-refractivity contribution in [2.75, 3.05) is 0 Å². The number of carbonyl (C=O) groups excluding carboxylic acids is 1. The highest BCUT2D eigenvalue weighted by atomic mass is 32.1. The van der Waals surface area contributed by atoms with Crippen LogP contribution in [0.15, 0.2) is 17.5 Å². The van der Waals surface area contributed by atoms with Crippen LogP contribution in [0, 0.1) is 12.3 Å². The molecule has 0 aliphatic rings. The number of hydrogen-bond donors (Lipinski definition) is 2. The van der Waals surface area contributed by atoms with Gasteiger partial charge in [0.2, 0.25) is 5.91 Å². The third-order valence-corrected chi connectivity index (χ3v) is 2.58. The van der Waals surface area contributed by atoms with Crippen molar-refractivity contribution in [3.05, 3.63) is 22.4 Å². The van der Waals surface area contributed by atoms with Gasteiger partial charge < -0.3 is 10.4 Å². The lowest BCUT2D eigenvalue weighted by atomic mass is 10.2. The van der Waals surface area contributed by atoms with E-state index in [1.54, 1.807) is 17.5 Å². The molecular formula is C10H9NO3S. The zero-order valence-corrected chi connectivity index (χ0v) is 8.58. The minimum Gasteiger partial charge on any atom is -0.479 e. The molecule has 2 N–H and O–H groups in total. The second-order valence-electron chi connectivity index (χ2n) is 2.74. The molecule has 1 aromatic heterocycles. The maximum absolute atomic E-state index is 11.1. The van der Waals surface area contributed by atoms with Crippen molar-refractivity contribution in [3.8, 4) is 12.3 Å². The second kappa shape index (κ2) is 5.17. The van der Waals surface area contributed by atoms with Crippen molar-refractivity contribution in [2.24, 2.45) is 0 Å². The van der Waals surface area contributed by atoms with Gasteiger partial charge in [0.15, 0.2) is 6.04 Å². The quantitative estimate of drug-likeness (QED) is 0.749. The summed E-state index contributed by atoms with van der Waals surface area (Å²) in [7, 11) is 0. The van der Waals surface area contributed by atoms with Gasteiger partial charge in [-0.05, 0) is 11.4 Å². The number of hydrogen-bond acceptors (Lipinski definition) is 3. The topological polar surface area (TPSA) is 66.4 Å². The maximum atomic E-state index is 11.1. The molecule has 0 bridgehead atoms. The highest BCUT2D eigenvalue weighted by Gasteiger charge is 2.22. The molecule has 15 heavy (non-hydrogen) atoms. The van der Waals surface area contributed by atoms with Crippen molar-refractivity contribution in [3.63, 3.8) is 0 Å². The van der Waals surface area contributed by atoms with E-state index in [0.717, 1.165) is 0 Å². The lowest BCUT2D eigenvalue weighted by Crippen LogP contribution is -2.32. The molecule has 0 aromatic carbocycles. The normalized spacial score (nSPS) is 11.4. The van der Waals surface area contributed by atoms with Gasteiger partial charge in [0, 0.05) is 4.88 Å². The number of carboxylic acids is 1. The molecular weight excluding hydrogens is 214 g/mol. The van der Waals surface area contributed by atoms with Gasteiger partial charge in [-0.15, -0.1) is 17.8 Å². The van der Waals surface area contributed by atoms with Crippen LogP contribution in [0.1, 0.15) is 17.3 Å². The number of terminal acetylenes is 1. The number of carbonyl (C=O) groups is 2. The van der Waals surface area contributed by atoms with Gasteiger partial charge in [-0.2, -0.15) is 0 Å². The summed E-state index contributed by atoms with van der Waals surface area (Å²) in [6, 6.07) is 2.37. The van der Waals surface area contributed by atoms with Gasteiger partial charge in [0.25, 0.3) is 0 Å². The molecule has 0 fully saturated rings. The predicted molar refractivity (Wildman–Crippen MR) is 56.3 cm³/mol. The lowest BCUT2D eigenvalue weighted by molar-refractivity contribution is -0.141. The zero-order chi connectivity index (χ0) is 11.3. The summed E-state index contributed by atoms with van der Waals surface area (Å²) in [5.74, 6) is 0.601. The Bertz CT molecular complexity index is 391. The Morgan fingerprint density at radius 2 is 2.40 bits per heavy atom. The van der Waals surface area contributed by atoms with E-state index in [2.05, 4.69) is 11.2 Å². The molecule has 1 aromatic rings. The number of rotatable bonds is 4. The Hall–Kier alpha value is -1.80. The van der Waals surface area contributed by atoms with Crippen LogP contribution >= 0.6 is 11.3 Å². The summed E-state index contributed by atoms with van der Waals surface area (Å²) in [5, 5.41) is 13.0. The Labute approximate surface area is 90.9 Å². The lowest BCUT2D eigenvalue weighted by Gasteiger charge is -2.11. The van der Waals surface area contributed by atoms with Gasteiger partial charge in [-0.1, -0.05) is 12.0 Å². The van der Waals surface area contributed by atoms with Crippen LogP contribution in [-0.4, -0.2) is 17.0 Å². The average molecular weight is 223 g/mol. The molecule has 0 spiro atoms. The molecule has 1 rings (SSSR count). The molecule has 5 heteroatoms. The van der Waals surface area contributed by atoms with Crippen LogP contribution in [0.5, 0.6) is 0 Å². The summed E-state index contributed by atoms with van der Waals surface area (Å²) in [4.78, 5) is 22.6. The van der Waals surface area contributed by atoms with E-state index < -0.39 is 17.9 Å². The van der Waals surface area contributed by atoms with Gasteiger partial charge in [0.1, 0.15) is 0 Å². The van der Waals surface area contributed by atoms with Crippen LogP contribution in [0.4, 0.5) is 0 Å². The number of amides is 1. The van der Waals surface area contributed by atoms with E-state index in [-0.39, 0.29) is 6.42 Å². The molecule has 1 heterocycles. The van der Waals surface area contributed by atoms with Gasteiger partial charge >= 0.3 is 5.97 Å². The smallest absolute Gasteiger partial charge is 0.331 e. The molecule has 1 amide bonds. The van der Waals surface area contributed by atoms with E-state index in [1.165, 1.54) is 11.3 Å². The monoisotopic (exact) mass is 223 g/mol. The summed E-state index contributed by atoms with van der Waals surface area (Å²) in [6.07, 6.45) is 4.83. The first-order valence-corrected chi connectivity index (χ1v) is 5.02. The fourth-order valence-corrected chi connectivity index (χ4v) is 1.78. The highest BCUT2D eigenvalue weighted by molar-refractivity contribution is 7.10. The average Bonchev–Trinajstić information content (AvgIpc) is 2.66. The van der Waals surface area contributed by atoms with Gasteiger partial charge in [-0.3, -0.25) is 4.79 Å². The van der Waals surface area contributed by atoms with Crippen molar-refractivity contribution in [1.82, 2.24) is 5.32 Å². The van der Waals surface area contributed by atoms with Crippen LogP contribution in [-0.2, 0) is 9.59 Å². The van der Waals surface area contributed by atoms with Crippen LogP contribution in [0.25, 0.3) is 0 Å². The van der Waals surface area contributed by atoms with E-state index in [9.17, 15) is 9.59 Å². The van der Waals surface area contributed by atoms with E-state index >= 15 is 0 Å². The van der Waals surface area contributed by atoms with E-state index in [4.69, 9.17) is 11.5 Å². The van der Waals surface area contributed by atoms with Gasteiger partial charge in [0.05, 0.1) is 6.42 Å². The highest BCUT2D eigenvalue weighted by Crippen LogP contribution is 2.19. The number of aliphatic carboxylic acids is 1. The predicted octanol–water partition coefficient (Wildman–Crippen LogP) is 1.01. The van der Waals surface area contributed by atoms with E-state index in [1.807, 2.05) is 0 Å². The second-order valence-corrected chi connectivity index (χ2v) is 3.71. The molecule has 0 saturated carbocycles. The fraction of sp³-hybridized carbons (Fsp3) is 0.200. The SMILES string of the molecule is C#CCC(=O)NC(C(=O)O)c1cccs1. The van der Waals surface area contributed by atoms with Crippen LogP contribution in [0.3, 0.4) is 0 Å². The first-order chi connectivity index (χ1) is 7.15. The summed E-state index contributed by atoms with van der Waals surface area (Å²) >= 11 is 1.27. The van der Waals surface area contributed by atoms with Gasteiger partial charge in [-0.25, -0.2) is 4.79 Å². The summed E-state index contributed by atoms with van der Waals surface area (Å²) in [5.41, 5.74) is 0. The number of thiophene rings is 1. The maximum Gasteiger partial charge on any atom is 0.331 e. The molecule has 0 aliphatic heterocycles. The molecule has 4 nitrogen and oxygen atoms in total. The summed E-state index contributed by atoms with van der Waals surface area (Å²) in [6.45, 7) is 0. The minimum atomic E-state index is -1.09.